The number of fused-ring (bicyclic) bond motifs is 3. The van der Waals surface area contributed by atoms with Crippen LogP contribution in [0.3, 0.4) is 0 Å². The number of alkyl halides is 3. The van der Waals surface area contributed by atoms with Gasteiger partial charge in [0.05, 0.1) is 27.2 Å². The molecule has 33 heavy (non-hydrogen) atoms. The Labute approximate surface area is 193 Å². The van der Waals surface area contributed by atoms with Crippen LogP contribution in [0.4, 0.5) is 19.0 Å². The van der Waals surface area contributed by atoms with Crippen molar-refractivity contribution in [2.24, 2.45) is 0 Å². The van der Waals surface area contributed by atoms with E-state index in [-0.39, 0.29) is 34.5 Å². The fraction of sp³-hybridized carbons (Fsp3) is 0.150. The van der Waals surface area contributed by atoms with E-state index >= 15 is 0 Å². The third-order valence-corrected chi connectivity index (χ3v) is 5.77. The maximum atomic E-state index is 12.8. The molecule has 8 nitrogen and oxygen atoms in total. The third-order valence-electron chi connectivity index (χ3n) is 4.55. The molecule has 4 aromatic rings. The van der Waals surface area contributed by atoms with Crippen LogP contribution in [-0.2, 0) is 17.5 Å². The lowest BCUT2D eigenvalue weighted by Crippen LogP contribution is -2.22. The van der Waals surface area contributed by atoms with Gasteiger partial charge in [-0.1, -0.05) is 41.6 Å². The monoisotopic (exact) mass is 494 g/mol. The molecule has 1 aromatic carbocycles. The number of carbonyl (C=O) groups excluding carboxylic acids is 1. The van der Waals surface area contributed by atoms with E-state index in [1.165, 1.54) is 4.57 Å². The molecule has 1 amide bonds. The van der Waals surface area contributed by atoms with Crippen molar-refractivity contribution in [2.75, 3.05) is 11.1 Å². The molecule has 0 unspecified atom stereocenters. The van der Waals surface area contributed by atoms with Gasteiger partial charge in [-0.05, 0) is 18.2 Å². The van der Waals surface area contributed by atoms with Crippen molar-refractivity contribution in [2.45, 2.75) is 17.9 Å². The van der Waals surface area contributed by atoms with Gasteiger partial charge in [0, 0.05) is 12.7 Å². The molecule has 170 valence electrons. The lowest BCUT2D eigenvalue weighted by molar-refractivity contribution is -0.137. The quantitative estimate of drug-likeness (QED) is 0.321. The number of rotatable bonds is 6. The topological polar surface area (TPSA) is 94.2 Å². The van der Waals surface area contributed by atoms with Gasteiger partial charge in [-0.2, -0.15) is 13.2 Å². The summed E-state index contributed by atoms with van der Waals surface area (Å²) in [5.74, 6) is -0.621. The number of para-hydroxylation sites is 1. The molecule has 0 atom stereocenters. The Bertz CT molecular complexity index is 1450. The van der Waals surface area contributed by atoms with E-state index < -0.39 is 17.6 Å². The van der Waals surface area contributed by atoms with E-state index in [4.69, 9.17) is 11.6 Å². The summed E-state index contributed by atoms with van der Waals surface area (Å²) >= 11 is 6.86. The Kier molecular flexibility index (Phi) is 6.13. The van der Waals surface area contributed by atoms with Gasteiger partial charge in [0.15, 0.2) is 11.0 Å². The predicted octanol–water partition coefficient (Wildman–Crippen LogP) is 4.03. The fourth-order valence-electron chi connectivity index (χ4n) is 3.10. The summed E-state index contributed by atoms with van der Waals surface area (Å²) in [6, 6.07) is 7.60. The molecule has 0 aliphatic heterocycles. The number of nitrogens with zero attached hydrogens (tertiary/aromatic N) is 5. The number of thioether (sulfide) groups is 1. The van der Waals surface area contributed by atoms with Crippen LogP contribution in [0.2, 0.25) is 5.02 Å². The highest BCUT2D eigenvalue weighted by molar-refractivity contribution is 7.99. The Morgan fingerprint density at radius 2 is 2.03 bits per heavy atom. The van der Waals surface area contributed by atoms with Crippen molar-refractivity contribution in [1.82, 2.24) is 24.1 Å². The molecule has 0 aliphatic rings. The van der Waals surface area contributed by atoms with Crippen LogP contribution in [0.25, 0.3) is 16.7 Å². The number of hydrogen-bond donors (Lipinski definition) is 1. The molecule has 0 saturated carbocycles. The first-order valence-corrected chi connectivity index (χ1v) is 10.7. The predicted molar refractivity (Wildman–Crippen MR) is 119 cm³/mol. The second-order valence-electron chi connectivity index (χ2n) is 6.73. The SMILES string of the molecule is C=CCn1c(=O)c2ccccc2n2c(SCC(=O)Nc3ncc(C(F)(F)F)cc3Cl)nnc12. The van der Waals surface area contributed by atoms with Crippen molar-refractivity contribution in [3.05, 3.63) is 70.1 Å². The van der Waals surface area contributed by atoms with Gasteiger partial charge < -0.3 is 5.32 Å². The number of halogens is 4. The van der Waals surface area contributed by atoms with Crippen LogP contribution in [0.1, 0.15) is 5.56 Å². The van der Waals surface area contributed by atoms with Crippen LogP contribution in [0.5, 0.6) is 0 Å². The van der Waals surface area contributed by atoms with Crippen LogP contribution in [-0.4, -0.2) is 35.8 Å². The standard InChI is InChI=1S/C20H14ClF3N6O2S/c1-2-7-29-17(32)12-5-3-4-6-14(12)30-18(29)27-28-19(30)33-10-15(31)26-16-13(21)8-11(9-25-16)20(22,23)24/h2-6,8-9H,1,7,10H2,(H,25,26,31). The minimum Gasteiger partial charge on any atom is -0.309 e. The van der Waals surface area contributed by atoms with E-state index in [0.29, 0.717) is 28.3 Å². The summed E-state index contributed by atoms with van der Waals surface area (Å²) < 4.78 is 41.3. The summed E-state index contributed by atoms with van der Waals surface area (Å²) in [6.07, 6.45) is -2.45. The Morgan fingerprint density at radius 3 is 2.73 bits per heavy atom. The molecular weight excluding hydrogens is 481 g/mol. The molecule has 0 radical (unpaired) electrons. The number of hydrogen-bond acceptors (Lipinski definition) is 6. The zero-order valence-corrected chi connectivity index (χ0v) is 18.2. The lowest BCUT2D eigenvalue weighted by atomic mass is 10.2. The van der Waals surface area contributed by atoms with E-state index in [1.807, 2.05) is 0 Å². The first kappa shape index (κ1) is 22.8. The molecule has 0 aliphatic carbocycles. The number of pyridine rings is 1. The van der Waals surface area contributed by atoms with Crippen LogP contribution < -0.4 is 10.9 Å². The molecule has 0 saturated heterocycles. The molecule has 3 aromatic heterocycles. The normalized spacial score (nSPS) is 11.8. The second kappa shape index (κ2) is 8.87. The van der Waals surface area contributed by atoms with E-state index in [2.05, 4.69) is 27.1 Å². The van der Waals surface area contributed by atoms with Crippen molar-refractivity contribution >= 4 is 51.8 Å². The van der Waals surface area contributed by atoms with Crippen molar-refractivity contribution in [3.63, 3.8) is 0 Å². The Balaban J connectivity index is 1.60. The van der Waals surface area contributed by atoms with Crippen LogP contribution in [0, 0.1) is 0 Å². The third kappa shape index (κ3) is 4.44. The van der Waals surface area contributed by atoms with Crippen molar-refractivity contribution in [3.8, 4) is 0 Å². The smallest absolute Gasteiger partial charge is 0.309 e. The second-order valence-corrected chi connectivity index (χ2v) is 8.08. The first-order valence-electron chi connectivity index (χ1n) is 9.33. The largest absolute Gasteiger partial charge is 0.417 e. The summed E-state index contributed by atoms with van der Waals surface area (Å²) in [7, 11) is 0. The fourth-order valence-corrected chi connectivity index (χ4v) is 4.06. The highest BCUT2D eigenvalue weighted by Crippen LogP contribution is 2.32. The van der Waals surface area contributed by atoms with Gasteiger partial charge >= 0.3 is 6.18 Å². The van der Waals surface area contributed by atoms with Gasteiger partial charge in [0.1, 0.15) is 0 Å². The minimum absolute atomic E-state index is 0.158. The first-order chi connectivity index (χ1) is 15.7. The number of amides is 1. The molecule has 4 rings (SSSR count). The average molecular weight is 495 g/mol. The maximum absolute atomic E-state index is 12.8. The minimum atomic E-state index is -4.60. The van der Waals surface area contributed by atoms with Gasteiger partial charge in [-0.25, -0.2) is 4.98 Å². The Hall–Kier alpha value is -3.38. The molecule has 13 heteroatoms. The average Bonchev–Trinajstić information content (AvgIpc) is 3.20. The summed E-state index contributed by atoms with van der Waals surface area (Å²) in [5.41, 5.74) is -0.701. The van der Waals surface area contributed by atoms with E-state index in [9.17, 15) is 22.8 Å². The van der Waals surface area contributed by atoms with E-state index in [0.717, 1.165) is 11.8 Å². The molecule has 0 bridgehead atoms. The van der Waals surface area contributed by atoms with Crippen LogP contribution >= 0.6 is 23.4 Å². The van der Waals surface area contributed by atoms with Crippen molar-refractivity contribution < 1.29 is 18.0 Å². The Morgan fingerprint density at radius 1 is 1.27 bits per heavy atom. The van der Waals surface area contributed by atoms with Crippen LogP contribution in [0.15, 0.2) is 59.1 Å². The number of anilines is 1. The van der Waals surface area contributed by atoms with Gasteiger partial charge in [0.2, 0.25) is 11.7 Å². The zero-order valence-electron chi connectivity index (χ0n) is 16.6. The van der Waals surface area contributed by atoms with E-state index in [1.54, 1.807) is 34.7 Å². The number of allylic oxidation sites excluding steroid dienone is 1. The zero-order chi connectivity index (χ0) is 23.8. The lowest BCUT2D eigenvalue weighted by Gasteiger charge is -2.10. The molecule has 0 fully saturated rings. The molecule has 1 N–H and O–H groups in total. The number of nitrogens with one attached hydrogen (secondary N) is 1. The summed E-state index contributed by atoms with van der Waals surface area (Å²) in [6.45, 7) is 3.88. The number of benzene rings is 1. The molecular formula is C20H14ClF3N6O2S. The molecule has 0 spiro atoms. The summed E-state index contributed by atoms with van der Waals surface area (Å²) in [5, 5.41) is 11.0. The number of carbonyl (C=O) groups is 1. The maximum Gasteiger partial charge on any atom is 0.417 e. The van der Waals surface area contributed by atoms with Gasteiger partial charge in [-0.3, -0.25) is 18.6 Å². The van der Waals surface area contributed by atoms with Crippen molar-refractivity contribution in [1.29, 1.82) is 0 Å². The highest BCUT2D eigenvalue weighted by atomic mass is 35.5. The van der Waals surface area contributed by atoms with Gasteiger partial charge in [0.25, 0.3) is 5.56 Å². The summed E-state index contributed by atoms with van der Waals surface area (Å²) in [4.78, 5) is 28.8. The number of aromatic nitrogens is 5. The highest BCUT2D eigenvalue weighted by Gasteiger charge is 2.31. The van der Waals surface area contributed by atoms with Gasteiger partial charge in [-0.15, -0.1) is 16.8 Å². The molecule has 3 heterocycles.